The number of hydrogen-bond acceptors (Lipinski definition) is 3. The third kappa shape index (κ3) is 3.90. The summed E-state index contributed by atoms with van der Waals surface area (Å²) in [7, 11) is -1.39. The van der Waals surface area contributed by atoms with Gasteiger partial charge in [0, 0.05) is 24.4 Å². The van der Waals surface area contributed by atoms with Gasteiger partial charge in [0.2, 0.25) is 5.91 Å². The summed E-state index contributed by atoms with van der Waals surface area (Å²) in [6.45, 7) is 9.92. The van der Waals surface area contributed by atoms with Gasteiger partial charge in [-0.3, -0.25) is 4.79 Å². The maximum Gasteiger partial charge on any atom is 0.223 e. The summed E-state index contributed by atoms with van der Waals surface area (Å²) in [6, 6.07) is 4.27. The number of carbonyl (C=O) groups is 1. The maximum absolute atomic E-state index is 12.4. The van der Waals surface area contributed by atoms with Crippen LogP contribution in [0.15, 0.2) is 17.5 Å². The van der Waals surface area contributed by atoms with Crippen LogP contribution in [0.3, 0.4) is 0 Å². The van der Waals surface area contributed by atoms with Gasteiger partial charge in [-0.25, -0.2) is 0 Å². The first kappa shape index (κ1) is 14.7. The lowest BCUT2D eigenvalue weighted by Crippen LogP contribution is -2.43. The van der Waals surface area contributed by atoms with Gasteiger partial charge in [-0.2, -0.15) is 0 Å². The molecule has 1 aliphatic heterocycles. The minimum Gasteiger partial charge on any atom is -0.378 e. The number of hydrogen-bond donors (Lipinski definition) is 0. The van der Waals surface area contributed by atoms with Gasteiger partial charge in [-0.15, -0.1) is 11.3 Å². The highest BCUT2D eigenvalue weighted by atomic mass is 32.1. The summed E-state index contributed by atoms with van der Waals surface area (Å²) >= 11 is 1.79. The molecule has 1 aromatic heterocycles. The Bertz CT molecular complexity index is 408. The van der Waals surface area contributed by atoms with Crippen LogP contribution in [0.1, 0.15) is 16.8 Å². The van der Waals surface area contributed by atoms with Gasteiger partial charge in [-0.05, 0) is 17.0 Å². The molecule has 19 heavy (non-hydrogen) atoms. The minimum atomic E-state index is -1.39. The van der Waals surface area contributed by atoms with Crippen molar-refractivity contribution >= 4 is 25.3 Å². The van der Waals surface area contributed by atoms with E-state index in [9.17, 15) is 4.79 Å². The predicted molar refractivity (Wildman–Crippen MR) is 82.4 cm³/mol. The van der Waals surface area contributed by atoms with Gasteiger partial charge in [0.15, 0.2) is 0 Å². The van der Waals surface area contributed by atoms with Crippen LogP contribution < -0.4 is 0 Å². The summed E-state index contributed by atoms with van der Waals surface area (Å²) in [4.78, 5) is 15.8. The van der Waals surface area contributed by atoms with E-state index in [2.05, 4.69) is 37.2 Å². The second-order valence-electron chi connectivity index (χ2n) is 6.13. The standard InChI is InChI=1S/C14H23NO2SSi/c1-19(2,3)13(12-5-4-10-18-12)11-14(16)15-6-8-17-9-7-15/h4-5,10,13H,6-9,11H2,1-3H3. The average Bonchev–Trinajstić information content (AvgIpc) is 2.88. The summed E-state index contributed by atoms with van der Waals surface area (Å²) in [6.07, 6.45) is 0.663. The Labute approximate surface area is 120 Å². The molecule has 1 saturated heterocycles. The molecule has 1 fully saturated rings. The molecule has 2 heterocycles. The first-order valence-electron chi connectivity index (χ1n) is 6.87. The Hall–Kier alpha value is -0.653. The molecule has 0 bridgehead atoms. The van der Waals surface area contributed by atoms with E-state index >= 15 is 0 Å². The van der Waals surface area contributed by atoms with Crippen LogP contribution in [0.4, 0.5) is 0 Å². The zero-order valence-electron chi connectivity index (χ0n) is 12.0. The third-order valence-corrected chi connectivity index (χ3v) is 7.48. The fourth-order valence-corrected chi connectivity index (χ4v) is 6.16. The third-order valence-electron chi connectivity index (χ3n) is 3.67. The molecular formula is C14H23NO2SSi. The summed E-state index contributed by atoms with van der Waals surface area (Å²) < 4.78 is 5.31. The number of amides is 1. The average molecular weight is 297 g/mol. The fourth-order valence-electron chi connectivity index (χ4n) is 2.44. The van der Waals surface area contributed by atoms with Crippen molar-refractivity contribution in [1.29, 1.82) is 0 Å². The van der Waals surface area contributed by atoms with Crippen LogP contribution in [0.5, 0.6) is 0 Å². The number of ether oxygens (including phenoxy) is 1. The van der Waals surface area contributed by atoms with Crippen LogP contribution in [0.2, 0.25) is 19.6 Å². The molecule has 3 nitrogen and oxygen atoms in total. The largest absolute Gasteiger partial charge is 0.378 e. The summed E-state index contributed by atoms with van der Waals surface area (Å²) in [5.41, 5.74) is 0.433. The van der Waals surface area contributed by atoms with Gasteiger partial charge in [0.1, 0.15) is 0 Å². The van der Waals surface area contributed by atoms with Gasteiger partial charge in [0.05, 0.1) is 21.3 Å². The van der Waals surface area contributed by atoms with Gasteiger partial charge < -0.3 is 9.64 Å². The Morgan fingerprint density at radius 1 is 1.42 bits per heavy atom. The molecule has 0 N–H and O–H groups in total. The molecule has 1 aliphatic rings. The van der Waals surface area contributed by atoms with E-state index in [-0.39, 0.29) is 0 Å². The molecule has 1 aromatic rings. The van der Waals surface area contributed by atoms with Crippen molar-refractivity contribution in [3.05, 3.63) is 22.4 Å². The highest BCUT2D eigenvalue weighted by Crippen LogP contribution is 2.33. The van der Waals surface area contributed by atoms with Gasteiger partial charge in [-0.1, -0.05) is 25.7 Å². The van der Waals surface area contributed by atoms with Crippen molar-refractivity contribution in [2.24, 2.45) is 0 Å². The molecule has 1 unspecified atom stereocenters. The van der Waals surface area contributed by atoms with Crippen molar-refractivity contribution in [2.75, 3.05) is 26.3 Å². The molecular weight excluding hydrogens is 274 g/mol. The van der Waals surface area contributed by atoms with E-state index in [0.29, 0.717) is 31.1 Å². The number of morpholine rings is 1. The molecule has 0 spiro atoms. The van der Waals surface area contributed by atoms with E-state index in [1.165, 1.54) is 4.88 Å². The van der Waals surface area contributed by atoms with Crippen LogP contribution in [0, 0.1) is 0 Å². The number of carbonyl (C=O) groups excluding carboxylic acids is 1. The van der Waals surface area contributed by atoms with Crippen LogP contribution in [-0.4, -0.2) is 45.2 Å². The minimum absolute atomic E-state index is 0.295. The molecule has 0 radical (unpaired) electrons. The summed E-state index contributed by atoms with van der Waals surface area (Å²) in [5.74, 6) is 0.295. The molecule has 0 saturated carbocycles. The van der Waals surface area contributed by atoms with E-state index < -0.39 is 8.07 Å². The normalized spacial score (nSPS) is 18.4. The number of nitrogens with zero attached hydrogens (tertiary/aromatic N) is 1. The quantitative estimate of drug-likeness (QED) is 0.800. The molecule has 5 heteroatoms. The highest BCUT2D eigenvalue weighted by molar-refractivity contribution is 7.10. The Morgan fingerprint density at radius 3 is 2.63 bits per heavy atom. The molecule has 1 atom stereocenters. The molecule has 2 rings (SSSR count). The Morgan fingerprint density at radius 2 is 2.11 bits per heavy atom. The van der Waals surface area contributed by atoms with Crippen LogP contribution >= 0.6 is 11.3 Å². The van der Waals surface area contributed by atoms with E-state index in [1.807, 2.05) is 4.90 Å². The van der Waals surface area contributed by atoms with Crippen LogP contribution in [0.25, 0.3) is 0 Å². The maximum atomic E-state index is 12.4. The van der Waals surface area contributed by atoms with Crippen molar-refractivity contribution in [1.82, 2.24) is 4.90 Å². The highest BCUT2D eigenvalue weighted by Gasteiger charge is 2.32. The molecule has 1 amide bonds. The van der Waals surface area contributed by atoms with E-state index in [1.54, 1.807) is 11.3 Å². The first-order chi connectivity index (χ1) is 8.98. The van der Waals surface area contributed by atoms with Gasteiger partial charge >= 0.3 is 0 Å². The zero-order chi connectivity index (χ0) is 13.9. The topological polar surface area (TPSA) is 29.5 Å². The van der Waals surface area contributed by atoms with Gasteiger partial charge in [0.25, 0.3) is 0 Å². The zero-order valence-corrected chi connectivity index (χ0v) is 13.8. The smallest absolute Gasteiger partial charge is 0.223 e. The van der Waals surface area contributed by atoms with Crippen molar-refractivity contribution in [3.63, 3.8) is 0 Å². The van der Waals surface area contributed by atoms with E-state index in [0.717, 1.165) is 13.1 Å². The Kier molecular flexibility index (Phi) is 4.81. The molecule has 106 valence electrons. The van der Waals surface area contributed by atoms with E-state index in [4.69, 9.17) is 4.74 Å². The lowest BCUT2D eigenvalue weighted by atomic mass is 10.2. The SMILES string of the molecule is C[Si](C)(C)C(CC(=O)N1CCOCC1)c1cccs1. The first-order valence-corrected chi connectivity index (χ1v) is 11.3. The molecule has 0 aliphatic carbocycles. The predicted octanol–water partition coefficient (Wildman–Crippen LogP) is 2.96. The lowest BCUT2D eigenvalue weighted by Gasteiger charge is -2.32. The second-order valence-corrected chi connectivity index (χ2v) is 12.5. The Balaban J connectivity index is 2.06. The molecule has 0 aromatic carbocycles. The van der Waals surface area contributed by atoms with Crippen molar-refractivity contribution in [3.8, 4) is 0 Å². The fraction of sp³-hybridized carbons (Fsp3) is 0.643. The second kappa shape index (κ2) is 6.20. The van der Waals surface area contributed by atoms with Crippen molar-refractivity contribution < 1.29 is 9.53 Å². The monoisotopic (exact) mass is 297 g/mol. The van der Waals surface area contributed by atoms with Crippen LogP contribution in [-0.2, 0) is 9.53 Å². The summed E-state index contributed by atoms with van der Waals surface area (Å²) in [5, 5.41) is 2.11. The lowest BCUT2D eigenvalue weighted by molar-refractivity contribution is -0.135. The number of rotatable bonds is 4. The number of thiophene rings is 1. The van der Waals surface area contributed by atoms with Crippen molar-refractivity contribution in [2.45, 2.75) is 31.6 Å².